The minimum absolute atomic E-state index is 0.255. The Morgan fingerprint density at radius 1 is 1.06 bits per heavy atom. The molecular formula is C24H31N5O2S. The number of likely N-dealkylation sites (tertiary alicyclic amines) is 1. The van der Waals surface area contributed by atoms with E-state index in [0.717, 1.165) is 75.8 Å². The molecule has 6 rings (SSSR count). The highest BCUT2D eigenvalue weighted by molar-refractivity contribution is 7.83. The summed E-state index contributed by atoms with van der Waals surface area (Å²) < 4.78 is 17.8. The molecule has 2 fully saturated rings. The Hall–Kier alpha value is -2.19. The Balaban J connectivity index is 1.20. The molecular weight excluding hydrogens is 422 g/mol. The highest BCUT2D eigenvalue weighted by Crippen LogP contribution is 2.40. The van der Waals surface area contributed by atoms with Gasteiger partial charge in [-0.05, 0) is 93.0 Å². The van der Waals surface area contributed by atoms with Crippen LogP contribution in [0, 0.1) is 0 Å². The first-order valence-corrected chi connectivity index (χ1v) is 13.2. The van der Waals surface area contributed by atoms with E-state index in [1.54, 1.807) is 0 Å². The second-order valence-corrected chi connectivity index (χ2v) is 10.9. The molecule has 1 aliphatic heterocycles. The maximum atomic E-state index is 13.0. The number of benzene rings is 1. The normalized spacial score (nSPS) is 21.5. The predicted molar refractivity (Wildman–Crippen MR) is 124 cm³/mol. The number of anilines is 1. The van der Waals surface area contributed by atoms with Crippen molar-refractivity contribution in [1.82, 2.24) is 19.4 Å². The molecule has 0 radical (unpaired) electrons. The van der Waals surface area contributed by atoms with Gasteiger partial charge in [0.15, 0.2) is 16.0 Å². The standard InChI is InChI=1S/C24H31N5O2S/c1-15(28-11-4-12-28)21-14-22(26-29(21)18-9-10-18)32(31)27-24(30)25-23-19-7-2-5-16(19)13-17-6-3-8-20(17)23/h13-15,18H,2-12H2,1H3,(H2,25,27,30). The predicted octanol–water partition coefficient (Wildman–Crippen LogP) is 3.81. The van der Waals surface area contributed by atoms with Gasteiger partial charge in [0.2, 0.25) is 0 Å². The van der Waals surface area contributed by atoms with Crippen LogP contribution in [0.25, 0.3) is 0 Å². The van der Waals surface area contributed by atoms with Crippen LogP contribution in [0.4, 0.5) is 10.5 Å². The summed E-state index contributed by atoms with van der Waals surface area (Å²) in [5.41, 5.74) is 7.37. The first-order valence-electron chi connectivity index (χ1n) is 12.1. The second-order valence-electron chi connectivity index (χ2n) is 9.71. The van der Waals surface area contributed by atoms with Gasteiger partial charge in [0.05, 0.1) is 11.7 Å². The van der Waals surface area contributed by atoms with Gasteiger partial charge in [0.1, 0.15) is 0 Å². The molecule has 1 aromatic heterocycles. The minimum Gasteiger partial charge on any atom is -0.307 e. The van der Waals surface area contributed by atoms with E-state index in [1.165, 1.54) is 28.7 Å². The molecule has 0 spiro atoms. The summed E-state index contributed by atoms with van der Waals surface area (Å²) in [6.07, 6.45) is 9.92. The molecule has 2 atom stereocenters. The van der Waals surface area contributed by atoms with Gasteiger partial charge in [-0.3, -0.25) is 14.3 Å². The van der Waals surface area contributed by atoms with Crippen LogP contribution in [0.3, 0.4) is 0 Å². The van der Waals surface area contributed by atoms with Crippen molar-refractivity contribution < 1.29 is 9.00 Å². The monoisotopic (exact) mass is 453 g/mol. The van der Waals surface area contributed by atoms with Crippen molar-refractivity contribution >= 4 is 22.7 Å². The third-order valence-corrected chi connectivity index (χ3v) is 8.54. The zero-order valence-corrected chi connectivity index (χ0v) is 19.5. The smallest absolute Gasteiger partial charge is 0.307 e. The number of nitrogens with zero attached hydrogens (tertiary/aromatic N) is 3. The van der Waals surface area contributed by atoms with E-state index in [4.69, 9.17) is 0 Å². The van der Waals surface area contributed by atoms with Crippen LogP contribution in [0.15, 0.2) is 17.2 Å². The Morgan fingerprint density at radius 2 is 1.75 bits per heavy atom. The third-order valence-electron chi connectivity index (χ3n) is 7.59. The van der Waals surface area contributed by atoms with Crippen LogP contribution in [-0.2, 0) is 36.7 Å². The summed E-state index contributed by atoms with van der Waals surface area (Å²) in [7, 11) is -1.69. The molecule has 2 unspecified atom stereocenters. The van der Waals surface area contributed by atoms with Gasteiger partial charge >= 0.3 is 6.03 Å². The van der Waals surface area contributed by atoms with Gasteiger partial charge in [-0.2, -0.15) is 5.10 Å². The molecule has 1 saturated heterocycles. The lowest BCUT2D eigenvalue weighted by atomic mass is 9.99. The number of rotatable bonds is 6. The van der Waals surface area contributed by atoms with Gasteiger partial charge in [0.25, 0.3) is 0 Å². The lowest BCUT2D eigenvalue weighted by Gasteiger charge is -2.36. The Bertz CT molecular complexity index is 1070. The molecule has 170 valence electrons. The Labute approximate surface area is 191 Å². The fourth-order valence-corrected chi connectivity index (χ4v) is 6.27. The van der Waals surface area contributed by atoms with E-state index in [-0.39, 0.29) is 6.04 Å². The largest absolute Gasteiger partial charge is 0.331 e. The summed E-state index contributed by atoms with van der Waals surface area (Å²) in [5.74, 6) is 0. The van der Waals surface area contributed by atoms with E-state index in [1.807, 2.05) is 10.7 Å². The third kappa shape index (κ3) is 3.57. The van der Waals surface area contributed by atoms with Gasteiger partial charge in [-0.25, -0.2) is 9.00 Å². The first-order chi connectivity index (χ1) is 15.6. The molecule has 4 aliphatic rings. The van der Waals surface area contributed by atoms with Crippen LogP contribution >= 0.6 is 0 Å². The number of aryl methyl sites for hydroxylation is 2. The van der Waals surface area contributed by atoms with Gasteiger partial charge < -0.3 is 5.32 Å². The number of amides is 2. The molecule has 2 amide bonds. The van der Waals surface area contributed by atoms with E-state index < -0.39 is 17.0 Å². The summed E-state index contributed by atoms with van der Waals surface area (Å²) in [6.45, 7) is 4.39. The van der Waals surface area contributed by atoms with Crippen molar-refractivity contribution in [3.8, 4) is 0 Å². The van der Waals surface area contributed by atoms with Crippen molar-refractivity contribution in [2.75, 3.05) is 18.4 Å². The van der Waals surface area contributed by atoms with E-state index >= 15 is 0 Å². The topological polar surface area (TPSA) is 79.3 Å². The molecule has 0 bridgehead atoms. The highest BCUT2D eigenvalue weighted by atomic mass is 32.2. The number of hydrogen-bond acceptors (Lipinski definition) is 4. The first kappa shape index (κ1) is 20.4. The van der Waals surface area contributed by atoms with Crippen LogP contribution in [0.2, 0.25) is 0 Å². The van der Waals surface area contributed by atoms with Crippen molar-refractivity contribution in [3.05, 3.63) is 40.1 Å². The molecule has 2 heterocycles. The maximum Gasteiger partial charge on any atom is 0.331 e. The van der Waals surface area contributed by atoms with Crippen LogP contribution in [-0.4, -0.2) is 38.0 Å². The van der Waals surface area contributed by atoms with Crippen molar-refractivity contribution in [3.63, 3.8) is 0 Å². The molecule has 32 heavy (non-hydrogen) atoms. The van der Waals surface area contributed by atoms with Crippen molar-refractivity contribution in [1.29, 1.82) is 0 Å². The molecule has 2 N–H and O–H groups in total. The van der Waals surface area contributed by atoms with Crippen LogP contribution < -0.4 is 10.0 Å². The lowest BCUT2D eigenvalue weighted by Crippen LogP contribution is -2.39. The Kier molecular flexibility index (Phi) is 5.10. The summed E-state index contributed by atoms with van der Waals surface area (Å²) >= 11 is 0. The van der Waals surface area contributed by atoms with E-state index in [2.05, 4.69) is 33.0 Å². The van der Waals surface area contributed by atoms with Crippen molar-refractivity contribution in [2.45, 2.75) is 81.8 Å². The summed E-state index contributed by atoms with van der Waals surface area (Å²) in [5, 5.41) is 8.17. The molecule has 3 aliphatic carbocycles. The summed E-state index contributed by atoms with van der Waals surface area (Å²) in [6, 6.07) is 4.53. The number of carbonyl (C=O) groups excluding carboxylic acids is 1. The van der Waals surface area contributed by atoms with Gasteiger partial charge in [-0.1, -0.05) is 6.07 Å². The molecule has 7 nitrogen and oxygen atoms in total. The number of carbonyl (C=O) groups is 1. The second kappa shape index (κ2) is 7.99. The average Bonchev–Trinajstić information content (AvgIpc) is 3.14. The molecule has 8 heteroatoms. The van der Waals surface area contributed by atoms with E-state index in [0.29, 0.717) is 11.1 Å². The fraction of sp³-hybridized carbons (Fsp3) is 0.583. The quantitative estimate of drug-likeness (QED) is 0.697. The van der Waals surface area contributed by atoms with Crippen LogP contribution in [0.1, 0.15) is 79.1 Å². The lowest BCUT2D eigenvalue weighted by molar-refractivity contribution is 0.122. The number of hydrogen-bond donors (Lipinski definition) is 2. The maximum absolute atomic E-state index is 13.0. The summed E-state index contributed by atoms with van der Waals surface area (Å²) in [4.78, 5) is 15.3. The van der Waals surface area contributed by atoms with Crippen molar-refractivity contribution in [2.24, 2.45) is 0 Å². The highest BCUT2D eigenvalue weighted by Gasteiger charge is 2.33. The van der Waals surface area contributed by atoms with Gasteiger partial charge in [-0.15, -0.1) is 0 Å². The minimum atomic E-state index is -1.69. The molecule has 1 aromatic carbocycles. The zero-order valence-electron chi connectivity index (χ0n) is 18.7. The van der Waals surface area contributed by atoms with E-state index in [9.17, 15) is 9.00 Å². The molecule has 2 aromatic rings. The number of aromatic nitrogens is 2. The average molecular weight is 454 g/mol. The van der Waals surface area contributed by atoms with Gasteiger partial charge in [0, 0.05) is 24.8 Å². The zero-order chi connectivity index (χ0) is 21.8. The number of nitrogens with one attached hydrogen (secondary N) is 2. The SMILES string of the molecule is CC(c1cc(S(=O)NC(=O)Nc2c3c(cc4c2CCC4)CCC3)nn1C1CC1)N1CCC1. The number of urea groups is 1. The number of fused-ring (bicyclic) bond motifs is 2. The van der Waals surface area contributed by atoms with Crippen LogP contribution in [0.5, 0.6) is 0 Å². The fourth-order valence-electron chi connectivity index (χ4n) is 5.56. The molecule has 1 saturated carbocycles. The Morgan fingerprint density at radius 3 is 2.34 bits per heavy atom.